The molecule has 0 radical (unpaired) electrons. The van der Waals surface area contributed by atoms with Crippen molar-refractivity contribution in [1.82, 2.24) is 15.2 Å². The van der Waals surface area contributed by atoms with E-state index in [1.165, 1.54) is 23.9 Å². The van der Waals surface area contributed by atoms with Crippen molar-refractivity contribution in [3.05, 3.63) is 88.1 Å². The molecule has 0 fully saturated rings. The van der Waals surface area contributed by atoms with Gasteiger partial charge >= 0.3 is 5.97 Å². The summed E-state index contributed by atoms with van der Waals surface area (Å²) in [6.45, 7) is 5.75. The topological polar surface area (TPSA) is 83.9 Å². The third-order valence-electron chi connectivity index (χ3n) is 5.50. The molecule has 1 atom stereocenters. The molecule has 0 saturated carbocycles. The first-order valence-corrected chi connectivity index (χ1v) is 12.3. The highest BCUT2D eigenvalue weighted by Crippen LogP contribution is 2.45. The van der Waals surface area contributed by atoms with Crippen molar-refractivity contribution >= 4 is 28.8 Å². The quantitative estimate of drug-likeness (QED) is 0.544. The molecular formula is C26H27FN4O3S. The van der Waals surface area contributed by atoms with Gasteiger partial charge in [-0.05, 0) is 56.0 Å². The molecule has 1 aromatic heterocycles. The molecule has 0 bridgehead atoms. The van der Waals surface area contributed by atoms with E-state index in [1.807, 2.05) is 28.5 Å². The fourth-order valence-corrected chi connectivity index (χ4v) is 4.97. The number of aliphatic imine (C=N–C) groups is 1. The zero-order chi connectivity index (χ0) is 24.9. The Labute approximate surface area is 208 Å². The van der Waals surface area contributed by atoms with Crippen LogP contribution < -0.4 is 5.32 Å². The van der Waals surface area contributed by atoms with Crippen LogP contribution in [0.5, 0.6) is 0 Å². The third-order valence-corrected chi connectivity index (χ3v) is 6.39. The summed E-state index contributed by atoms with van der Waals surface area (Å²) in [6.07, 6.45) is 2.11. The summed E-state index contributed by atoms with van der Waals surface area (Å²) in [6, 6.07) is 11.1. The zero-order valence-corrected chi connectivity index (χ0v) is 20.6. The van der Waals surface area contributed by atoms with E-state index in [4.69, 9.17) is 4.74 Å². The number of aromatic nitrogens is 1. The Hall–Kier alpha value is -3.46. The SMILES string of the molecule is CC1=C(C(=O)OC(C)C)C(c2cccc(F)c2)N2C(CC(=O)NCCc3ccccn3)=CSC2=N1. The number of allylic oxidation sites excluding steroid dienone is 1. The Bertz CT molecular complexity index is 1210. The maximum Gasteiger partial charge on any atom is 0.338 e. The van der Waals surface area contributed by atoms with E-state index in [0.29, 0.717) is 40.7 Å². The van der Waals surface area contributed by atoms with Crippen LogP contribution in [0.3, 0.4) is 0 Å². The standard InChI is InChI=1S/C26H27FN4O3S/c1-16(2)34-25(33)23-17(3)30-26-31(24(23)18-7-6-8-19(27)13-18)21(15-35-26)14-22(32)29-12-10-20-9-4-5-11-28-20/h4-9,11,13,15-16,24H,10,12,14H2,1-3H3,(H,29,32). The normalized spacial score (nSPS) is 17.2. The summed E-state index contributed by atoms with van der Waals surface area (Å²) in [5.41, 5.74) is 3.00. The molecule has 1 N–H and O–H groups in total. The number of amidine groups is 1. The summed E-state index contributed by atoms with van der Waals surface area (Å²) >= 11 is 1.37. The fraction of sp³-hybridized carbons (Fsp3) is 0.308. The molecule has 9 heteroatoms. The summed E-state index contributed by atoms with van der Waals surface area (Å²) in [5, 5.41) is 5.42. The summed E-state index contributed by atoms with van der Waals surface area (Å²) in [7, 11) is 0. The number of carbonyl (C=O) groups excluding carboxylic acids is 2. The minimum atomic E-state index is -0.660. The zero-order valence-electron chi connectivity index (χ0n) is 19.8. The van der Waals surface area contributed by atoms with E-state index in [1.54, 1.807) is 39.1 Å². The predicted octanol–water partition coefficient (Wildman–Crippen LogP) is 4.50. The molecule has 35 heavy (non-hydrogen) atoms. The second kappa shape index (κ2) is 10.9. The molecule has 4 rings (SSSR count). The first-order chi connectivity index (χ1) is 16.8. The van der Waals surface area contributed by atoms with Gasteiger partial charge in [0, 0.05) is 30.6 Å². The second-order valence-corrected chi connectivity index (χ2v) is 9.34. The minimum Gasteiger partial charge on any atom is -0.459 e. The number of carbonyl (C=O) groups is 2. The van der Waals surface area contributed by atoms with Crippen molar-refractivity contribution in [2.45, 2.75) is 45.8 Å². The van der Waals surface area contributed by atoms with Crippen molar-refractivity contribution in [3.8, 4) is 0 Å². The highest BCUT2D eigenvalue weighted by atomic mass is 32.2. The molecule has 2 aromatic rings. The Kier molecular flexibility index (Phi) is 7.65. The molecule has 1 aromatic carbocycles. The molecule has 1 unspecified atom stereocenters. The van der Waals surface area contributed by atoms with Gasteiger partial charge in [-0.1, -0.05) is 30.0 Å². The van der Waals surface area contributed by atoms with E-state index < -0.39 is 17.8 Å². The number of nitrogens with zero attached hydrogens (tertiary/aromatic N) is 3. The number of benzene rings is 1. The van der Waals surface area contributed by atoms with Gasteiger partial charge < -0.3 is 15.0 Å². The van der Waals surface area contributed by atoms with Crippen molar-refractivity contribution in [1.29, 1.82) is 0 Å². The Morgan fingerprint density at radius 3 is 2.77 bits per heavy atom. The lowest BCUT2D eigenvalue weighted by molar-refractivity contribution is -0.143. The maximum atomic E-state index is 14.2. The van der Waals surface area contributed by atoms with E-state index in [0.717, 1.165) is 5.69 Å². The second-order valence-electron chi connectivity index (χ2n) is 8.50. The number of thioether (sulfide) groups is 1. The van der Waals surface area contributed by atoms with Crippen LogP contribution in [0.15, 0.2) is 76.0 Å². The maximum absolute atomic E-state index is 14.2. The van der Waals surface area contributed by atoms with Gasteiger partial charge in [-0.15, -0.1) is 0 Å². The molecule has 2 aliphatic heterocycles. The Balaban J connectivity index is 1.56. The van der Waals surface area contributed by atoms with E-state index >= 15 is 0 Å². The summed E-state index contributed by atoms with van der Waals surface area (Å²) in [4.78, 5) is 36.6. The molecule has 2 aliphatic rings. The number of esters is 1. The highest BCUT2D eigenvalue weighted by Gasteiger charge is 2.41. The molecular weight excluding hydrogens is 467 g/mol. The van der Waals surface area contributed by atoms with Crippen molar-refractivity contribution in [3.63, 3.8) is 0 Å². The Morgan fingerprint density at radius 1 is 1.23 bits per heavy atom. The number of fused-ring (bicyclic) bond motifs is 1. The highest BCUT2D eigenvalue weighted by molar-refractivity contribution is 8.16. The molecule has 1 amide bonds. The predicted molar refractivity (Wildman–Crippen MR) is 134 cm³/mol. The van der Waals surface area contributed by atoms with Crippen LogP contribution >= 0.6 is 11.8 Å². The van der Waals surface area contributed by atoms with E-state index in [-0.39, 0.29) is 18.4 Å². The number of amides is 1. The van der Waals surface area contributed by atoms with Gasteiger partial charge in [-0.2, -0.15) is 0 Å². The average molecular weight is 495 g/mol. The van der Waals surface area contributed by atoms with Gasteiger partial charge in [-0.3, -0.25) is 9.78 Å². The number of rotatable bonds is 8. The number of nitrogens with one attached hydrogen (secondary N) is 1. The van der Waals surface area contributed by atoms with Gasteiger partial charge in [0.05, 0.1) is 29.8 Å². The van der Waals surface area contributed by atoms with Gasteiger partial charge in [0.25, 0.3) is 0 Å². The number of halogens is 1. The molecule has 0 saturated heterocycles. The molecule has 0 aliphatic carbocycles. The Morgan fingerprint density at radius 2 is 2.06 bits per heavy atom. The van der Waals surface area contributed by atoms with E-state index in [9.17, 15) is 14.0 Å². The van der Waals surface area contributed by atoms with Gasteiger partial charge in [0.15, 0.2) is 5.17 Å². The summed E-state index contributed by atoms with van der Waals surface area (Å²) < 4.78 is 19.7. The fourth-order valence-electron chi connectivity index (χ4n) is 4.00. The van der Waals surface area contributed by atoms with Crippen LogP contribution in [0, 0.1) is 5.82 Å². The lowest BCUT2D eigenvalue weighted by Crippen LogP contribution is -2.38. The van der Waals surface area contributed by atoms with Gasteiger partial charge in [0.1, 0.15) is 5.82 Å². The lowest BCUT2D eigenvalue weighted by atomic mass is 9.93. The number of hydrogen-bond donors (Lipinski definition) is 1. The lowest BCUT2D eigenvalue weighted by Gasteiger charge is -2.36. The van der Waals surface area contributed by atoms with Crippen molar-refractivity contribution < 1.29 is 18.7 Å². The minimum absolute atomic E-state index is 0.0889. The summed E-state index contributed by atoms with van der Waals surface area (Å²) in [5.74, 6) is -1.08. The van der Waals surface area contributed by atoms with E-state index in [2.05, 4.69) is 15.3 Å². The van der Waals surface area contributed by atoms with Crippen molar-refractivity contribution in [2.75, 3.05) is 6.54 Å². The largest absolute Gasteiger partial charge is 0.459 e. The van der Waals surface area contributed by atoms with Crippen molar-refractivity contribution in [2.24, 2.45) is 4.99 Å². The molecule has 182 valence electrons. The number of ether oxygens (including phenoxy) is 1. The van der Waals surface area contributed by atoms with Crippen LogP contribution in [0.25, 0.3) is 0 Å². The van der Waals surface area contributed by atoms with Gasteiger partial charge in [0.2, 0.25) is 5.91 Å². The number of hydrogen-bond acceptors (Lipinski definition) is 7. The third kappa shape index (κ3) is 5.79. The van der Waals surface area contributed by atoms with Crippen LogP contribution in [-0.4, -0.2) is 39.6 Å². The van der Waals surface area contributed by atoms with Crippen LogP contribution in [0.4, 0.5) is 4.39 Å². The van der Waals surface area contributed by atoms with Crippen LogP contribution in [0.2, 0.25) is 0 Å². The molecule has 7 nitrogen and oxygen atoms in total. The average Bonchev–Trinajstić information content (AvgIpc) is 3.20. The van der Waals surface area contributed by atoms with Crippen LogP contribution in [-0.2, 0) is 20.7 Å². The molecule has 0 spiro atoms. The first-order valence-electron chi connectivity index (χ1n) is 11.4. The first kappa shape index (κ1) is 24.7. The molecule has 3 heterocycles. The van der Waals surface area contributed by atoms with Gasteiger partial charge in [-0.25, -0.2) is 14.2 Å². The smallest absolute Gasteiger partial charge is 0.338 e. The number of pyridine rings is 1. The van der Waals surface area contributed by atoms with Crippen LogP contribution in [0.1, 0.15) is 44.5 Å². The monoisotopic (exact) mass is 494 g/mol.